The first kappa shape index (κ1) is 10.8. The molecule has 6 nitrogen and oxygen atoms in total. The molecule has 0 bridgehead atoms. The zero-order valence-corrected chi connectivity index (χ0v) is 8.82. The number of rotatable bonds is 2. The summed E-state index contributed by atoms with van der Waals surface area (Å²) in [6, 6.07) is 2.84. The number of carbonyl (C=O) groups is 1. The summed E-state index contributed by atoms with van der Waals surface area (Å²) in [5.74, 6) is 0.402. The molecular formula is C10H14N4O2. The zero-order valence-electron chi connectivity index (χ0n) is 8.82. The second kappa shape index (κ2) is 4.89. The Morgan fingerprint density at radius 2 is 2.12 bits per heavy atom. The predicted molar refractivity (Wildman–Crippen MR) is 59.1 cm³/mol. The quantitative estimate of drug-likeness (QED) is 0.641. The Hall–Kier alpha value is -1.69. The van der Waals surface area contributed by atoms with E-state index in [1.165, 1.54) is 12.1 Å². The molecule has 0 aliphatic carbocycles. The van der Waals surface area contributed by atoms with Crippen LogP contribution in [-0.4, -0.2) is 29.2 Å². The minimum Gasteiger partial charge on any atom is -0.317 e. The molecule has 86 valence electrons. The zero-order chi connectivity index (χ0) is 11.4. The minimum atomic E-state index is -0.278. The van der Waals surface area contributed by atoms with Crippen LogP contribution < -0.4 is 16.2 Å². The molecule has 0 radical (unpaired) electrons. The van der Waals surface area contributed by atoms with Crippen molar-refractivity contribution in [3.05, 3.63) is 22.5 Å². The molecule has 0 saturated carbocycles. The normalized spacial score (nSPS) is 17.0. The van der Waals surface area contributed by atoms with Gasteiger partial charge in [0.25, 0.3) is 5.56 Å². The first-order valence-corrected chi connectivity index (χ1v) is 5.33. The van der Waals surface area contributed by atoms with E-state index in [2.05, 4.69) is 20.8 Å². The number of hydrogen-bond acceptors (Lipinski definition) is 4. The average Bonchev–Trinajstić information content (AvgIpc) is 2.33. The van der Waals surface area contributed by atoms with Gasteiger partial charge in [-0.1, -0.05) is 0 Å². The van der Waals surface area contributed by atoms with E-state index in [0.717, 1.165) is 25.9 Å². The maximum absolute atomic E-state index is 11.8. The Kier molecular flexibility index (Phi) is 3.31. The van der Waals surface area contributed by atoms with Crippen LogP contribution >= 0.6 is 0 Å². The van der Waals surface area contributed by atoms with Crippen LogP contribution in [-0.2, 0) is 4.79 Å². The summed E-state index contributed by atoms with van der Waals surface area (Å²) in [6.07, 6.45) is 1.68. The predicted octanol–water partition coefficient (Wildman–Crippen LogP) is -0.292. The topological polar surface area (TPSA) is 86.9 Å². The molecule has 1 fully saturated rings. The van der Waals surface area contributed by atoms with Gasteiger partial charge in [0.05, 0.1) is 0 Å². The monoisotopic (exact) mass is 222 g/mol. The SMILES string of the molecule is O=C(Nc1ccc(=O)[nH]n1)C1CCNCC1. The fraction of sp³-hybridized carbons (Fsp3) is 0.500. The number of amides is 1. The van der Waals surface area contributed by atoms with Gasteiger partial charge >= 0.3 is 0 Å². The van der Waals surface area contributed by atoms with Crippen molar-refractivity contribution in [2.24, 2.45) is 5.92 Å². The number of carbonyl (C=O) groups excluding carboxylic acids is 1. The lowest BCUT2D eigenvalue weighted by Crippen LogP contribution is -2.34. The van der Waals surface area contributed by atoms with Crippen LogP contribution in [0.5, 0.6) is 0 Å². The summed E-state index contributed by atoms with van der Waals surface area (Å²) >= 11 is 0. The van der Waals surface area contributed by atoms with Gasteiger partial charge in [0.15, 0.2) is 5.82 Å². The summed E-state index contributed by atoms with van der Waals surface area (Å²) in [7, 11) is 0. The number of piperidine rings is 1. The van der Waals surface area contributed by atoms with Gasteiger partial charge in [0.2, 0.25) is 5.91 Å². The Morgan fingerprint density at radius 1 is 1.38 bits per heavy atom. The number of hydrogen-bond donors (Lipinski definition) is 3. The molecule has 0 aromatic carbocycles. The number of nitrogens with zero attached hydrogens (tertiary/aromatic N) is 1. The highest BCUT2D eigenvalue weighted by molar-refractivity contribution is 5.91. The second-order valence-corrected chi connectivity index (χ2v) is 3.82. The Balaban J connectivity index is 1.95. The third-order valence-electron chi connectivity index (χ3n) is 2.64. The van der Waals surface area contributed by atoms with Crippen molar-refractivity contribution in [3.8, 4) is 0 Å². The van der Waals surface area contributed by atoms with E-state index < -0.39 is 0 Å². The average molecular weight is 222 g/mol. The molecule has 2 rings (SSSR count). The first-order valence-electron chi connectivity index (χ1n) is 5.33. The number of H-pyrrole nitrogens is 1. The van der Waals surface area contributed by atoms with Crippen molar-refractivity contribution in [3.63, 3.8) is 0 Å². The Labute approximate surface area is 92.4 Å². The van der Waals surface area contributed by atoms with E-state index >= 15 is 0 Å². The second-order valence-electron chi connectivity index (χ2n) is 3.82. The molecule has 2 heterocycles. The van der Waals surface area contributed by atoms with Gasteiger partial charge in [-0.2, -0.15) is 5.10 Å². The first-order chi connectivity index (χ1) is 7.75. The van der Waals surface area contributed by atoms with Gasteiger partial charge in [-0.15, -0.1) is 0 Å². The molecule has 1 aliphatic heterocycles. The maximum atomic E-state index is 11.8. The van der Waals surface area contributed by atoms with Crippen LogP contribution in [0.4, 0.5) is 5.82 Å². The number of aromatic amines is 1. The van der Waals surface area contributed by atoms with Crippen molar-refractivity contribution in [1.29, 1.82) is 0 Å². The summed E-state index contributed by atoms with van der Waals surface area (Å²) in [4.78, 5) is 22.6. The molecule has 1 aromatic heterocycles. The van der Waals surface area contributed by atoms with Gasteiger partial charge in [0, 0.05) is 12.0 Å². The molecule has 0 unspecified atom stereocenters. The number of anilines is 1. The van der Waals surface area contributed by atoms with Crippen LogP contribution in [0, 0.1) is 5.92 Å². The van der Waals surface area contributed by atoms with Gasteiger partial charge in [-0.3, -0.25) is 9.59 Å². The third kappa shape index (κ3) is 2.66. The smallest absolute Gasteiger partial charge is 0.264 e. The van der Waals surface area contributed by atoms with E-state index in [9.17, 15) is 9.59 Å². The minimum absolute atomic E-state index is 0.0268. The standard InChI is InChI=1S/C10H14N4O2/c15-9-2-1-8(13-14-9)12-10(16)7-3-5-11-6-4-7/h1-2,7,11H,3-6H2,(H,14,15)(H,12,13,16). The van der Waals surface area contributed by atoms with Crippen LogP contribution in [0.15, 0.2) is 16.9 Å². The number of nitrogens with one attached hydrogen (secondary N) is 3. The van der Waals surface area contributed by atoms with E-state index in [0.29, 0.717) is 5.82 Å². The lowest BCUT2D eigenvalue weighted by molar-refractivity contribution is -0.120. The van der Waals surface area contributed by atoms with Gasteiger partial charge < -0.3 is 10.6 Å². The molecule has 16 heavy (non-hydrogen) atoms. The molecule has 6 heteroatoms. The van der Waals surface area contributed by atoms with Crippen LogP contribution in [0.1, 0.15) is 12.8 Å². The molecular weight excluding hydrogens is 208 g/mol. The van der Waals surface area contributed by atoms with Crippen molar-refractivity contribution < 1.29 is 4.79 Å². The molecule has 3 N–H and O–H groups in total. The van der Waals surface area contributed by atoms with Crippen LogP contribution in [0.25, 0.3) is 0 Å². The summed E-state index contributed by atoms with van der Waals surface area (Å²) in [5, 5.41) is 11.9. The van der Waals surface area contributed by atoms with Gasteiger partial charge in [0.1, 0.15) is 0 Å². The molecule has 1 saturated heterocycles. The highest BCUT2D eigenvalue weighted by Gasteiger charge is 2.20. The van der Waals surface area contributed by atoms with Crippen LogP contribution in [0.3, 0.4) is 0 Å². The molecule has 0 spiro atoms. The van der Waals surface area contributed by atoms with Crippen molar-refractivity contribution in [1.82, 2.24) is 15.5 Å². The molecule has 1 aliphatic rings. The van der Waals surface area contributed by atoms with Gasteiger partial charge in [-0.25, -0.2) is 5.10 Å². The van der Waals surface area contributed by atoms with E-state index in [1.807, 2.05) is 0 Å². The van der Waals surface area contributed by atoms with Crippen molar-refractivity contribution >= 4 is 11.7 Å². The summed E-state index contributed by atoms with van der Waals surface area (Å²) < 4.78 is 0. The largest absolute Gasteiger partial charge is 0.317 e. The lowest BCUT2D eigenvalue weighted by atomic mass is 9.97. The highest BCUT2D eigenvalue weighted by Crippen LogP contribution is 2.13. The summed E-state index contributed by atoms with van der Waals surface area (Å²) in [5.41, 5.74) is -0.278. The summed E-state index contributed by atoms with van der Waals surface area (Å²) in [6.45, 7) is 1.74. The third-order valence-corrected chi connectivity index (χ3v) is 2.64. The maximum Gasteiger partial charge on any atom is 0.264 e. The van der Waals surface area contributed by atoms with Crippen molar-refractivity contribution in [2.75, 3.05) is 18.4 Å². The van der Waals surface area contributed by atoms with E-state index in [4.69, 9.17) is 0 Å². The van der Waals surface area contributed by atoms with Gasteiger partial charge in [-0.05, 0) is 32.0 Å². The van der Waals surface area contributed by atoms with Crippen LogP contribution in [0.2, 0.25) is 0 Å². The fourth-order valence-corrected chi connectivity index (χ4v) is 1.73. The lowest BCUT2D eigenvalue weighted by Gasteiger charge is -2.21. The Morgan fingerprint density at radius 3 is 2.75 bits per heavy atom. The molecule has 0 atom stereocenters. The fourth-order valence-electron chi connectivity index (χ4n) is 1.73. The highest BCUT2D eigenvalue weighted by atomic mass is 16.2. The van der Waals surface area contributed by atoms with E-state index in [-0.39, 0.29) is 17.4 Å². The van der Waals surface area contributed by atoms with E-state index in [1.54, 1.807) is 0 Å². The molecule has 1 amide bonds. The van der Waals surface area contributed by atoms with Crippen molar-refractivity contribution in [2.45, 2.75) is 12.8 Å². The number of aromatic nitrogens is 2. The molecule has 1 aromatic rings. The Bertz CT molecular complexity index is 403.